The van der Waals surface area contributed by atoms with Gasteiger partial charge in [-0.1, -0.05) is 18.2 Å². The van der Waals surface area contributed by atoms with Crippen molar-refractivity contribution < 1.29 is 4.74 Å². The first-order valence-electron chi connectivity index (χ1n) is 6.79. The number of hydrogen-bond acceptors (Lipinski definition) is 2. The summed E-state index contributed by atoms with van der Waals surface area (Å²) in [5, 5.41) is 0. The SMILES string of the molecule is NC(c1ccc2c(c1)CCC2)C1CCOCC1. The Morgan fingerprint density at radius 1 is 1.12 bits per heavy atom. The highest BCUT2D eigenvalue weighted by Gasteiger charge is 2.23. The van der Waals surface area contributed by atoms with Crippen LogP contribution >= 0.6 is 0 Å². The van der Waals surface area contributed by atoms with Crippen LogP contribution in [0.1, 0.15) is 42.0 Å². The van der Waals surface area contributed by atoms with Crippen LogP contribution in [0.25, 0.3) is 0 Å². The molecule has 0 saturated carbocycles. The molecule has 0 aromatic heterocycles. The molecule has 2 N–H and O–H groups in total. The summed E-state index contributed by atoms with van der Waals surface area (Å²) in [7, 11) is 0. The predicted molar refractivity (Wildman–Crippen MR) is 68.9 cm³/mol. The van der Waals surface area contributed by atoms with Gasteiger partial charge in [0.15, 0.2) is 0 Å². The fourth-order valence-corrected chi connectivity index (χ4v) is 3.15. The lowest BCUT2D eigenvalue weighted by atomic mass is 9.87. The molecule has 1 aliphatic heterocycles. The summed E-state index contributed by atoms with van der Waals surface area (Å²) < 4.78 is 5.40. The molecule has 1 heterocycles. The van der Waals surface area contributed by atoms with E-state index in [9.17, 15) is 0 Å². The van der Waals surface area contributed by atoms with Gasteiger partial charge in [0.2, 0.25) is 0 Å². The molecule has 2 heteroatoms. The van der Waals surface area contributed by atoms with Crippen molar-refractivity contribution >= 4 is 0 Å². The van der Waals surface area contributed by atoms with Gasteiger partial charge >= 0.3 is 0 Å². The van der Waals surface area contributed by atoms with Crippen LogP contribution in [-0.2, 0) is 17.6 Å². The Balaban J connectivity index is 1.78. The zero-order chi connectivity index (χ0) is 11.7. The summed E-state index contributed by atoms with van der Waals surface area (Å²) in [5.41, 5.74) is 10.8. The van der Waals surface area contributed by atoms with E-state index in [0.717, 1.165) is 26.1 Å². The molecule has 1 saturated heterocycles. The lowest BCUT2D eigenvalue weighted by molar-refractivity contribution is 0.0584. The van der Waals surface area contributed by atoms with E-state index in [4.69, 9.17) is 10.5 Å². The van der Waals surface area contributed by atoms with Gasteiger partial charge in [-0.3, -0.25) is 0 Å². The third kappa shape index (κ3) is 2.24. The van der Waals surface area contributed by atoms with Crippen LogP contribution in [-0.4, -0.2) is 13.2 Å². The van der Waals surface area contributed by atoms with Crippen LogP contribution in [0.3, 0.4) is 0 Å². The van der Waals surface area contributed by atoms with Gasteiger partial charge in [0.1, 0.15) is 0 Å². The summed E-state index contributed by atoms with van der Waals surface area (Å²) in [5.74, 6) is 0.600. The highest BCUT2D eigenvalue weighted by molar-refractivity contribution is 5.36. The van der Waals surface area contributed by atoms with Gasteiger partial charge < -0.3 is 10.5 Å². The molecule has 17 heavy (non-hydrogen) atoms. The van der Waals surface area contributed by atoms with E-state index >= 15 is 0 Å². The van der Waals surface area contributed by atoms with E-state index < -0.39 is 0 Å². The number of rotatable bonds is 2. The van der Waals surface area contributed by atoms with E-state index in [1.54, 1.807) is 0 Å². The second kappa shape index (κ2) is 4.79. The first-order valence-corrected chi connectivity index (χ1v) is 6.79. The minimum atomic E-state index is 0.199. The van der Waals surface area contributed by atoms with Crippen molar-refractivity contribution in [2.24, 2.45) is 11.7 Å². The normalized spacial score (nSPS) is 22.4. The number of fused-ring (bicyclic) bond motifs is 1. The maximum Gasteiger partial charge on any atom is 0.0469 e. The van der Waals surface area contributed by atoms with E-state index in [0.29, 0.717) is 5.92 Å². The number of hydrogen-bond donors (Lipinski definition) is 1. The molecule has 1 aromatic carbocycles. The van der Waals surface area contributed by atoms with Crippen LogP contribution in [0.2, 0.25) is 0 Å². The standard InChI is InChI=1S/C15H21NO/c16-15(12-6-8-17-9-7-12)14-5-4-11-2-1-3-13(11)10-14/h4-5,10,12,15H,1-3,6-9,16H2. The third-order valence-corrected chi connectivity index (χ3v) is 4.28. The molecular weight excluding hydrogens is 210 g/mol. The molecule has 0 spiro atoms. The monoisotopic (exact) mass is 231 g/mol. The van der Waals surface area contributed by atoms with E-state index in [1.165, 1.54) is 36.0 Å². The zero-order valence-electron chi connectivity index (χ0n) is 10.3. The Labute approximate surface area is 103 Å². The summed E-state index contributed by atoms with van der Waals surface area (Å²) in [6.45, 7) is 1.76. The highest BCUT2D eigenvalue weighted by atomic mass is 16.5. The Hall–Kier alpha value is -0.860. The molecule has 3 rings (SSSR count). The van der Waals surface area contributed by atoms with E-state index in [1.807, 2.05) is 0 Å². The van der Waals surface area contributed by atoms with Crippen molar-refractivity contribution in [1.29, 1.82) is 0 Å². The van der Waals surface area contributed by atoms with Gasteiger partial charge in [0.25, 0.3) is 0 Å². The predicted octanol–water partition coefficient (Wildman–Crippen LogP) is 2.60. The van der Waals surface area contributed by atoms with Crippen molar-refractivity contribution in [3.63, 3.8) is 0 Å². The molecular formula is C15H21NO. The van der Waals surface area contributed by atoms with Crippen LogP contribution in [0.15, 0.2) is 18.2 Å². The van der Waals surface area contributed by atoms with Crippen molar-refractivity contribution in [2.45, 2.75) is 38.1 Å². The fourth-order valence-electron chi connectivity index (χ4n) is 3.15. The van der Waals surface area contributed by atoms with Crippen LogP contribution < -0.4 is 5.73 Å². The highest BCUT2D eigenvalue weighted by Crippen LogP contribution is 2.31. The molecule has 0 bridgehead atoms. The summed E-state index contributed by atoms with van der Waals surface area (Å²) >= 11 is 0. The van der Waals surface area contributed by atoms with Gasteiger partial charge in [-0.2, -0.15) is 0 Å². The topological polar surface area (TPSA) is 35.2 Å². The van der Waals surface area contributed by atoms with Crippen molar-refractivity contribution in [1.82, 2.24) is 0 Å². The molecule has 0 radical (unpaired) electrons. The molecule has 1 fully saturated rings. The van der Waals surface area contributed by atoms with Crippen molar-refractivity contribution in [2.75, 3.05) is 13.2 Å². The lowest BCUT2D eigenvalue weighted by Crippen LogP contribution is -2.27. The molecule has 0 amide bonds. The number of ether oxygens (including phenoxy) is 1. The van der Waals surface area contributed by atoms with E-state index in [-0.39, 0.29) is 6.04 Å². The first kappa shape index (κ1) is 11.2. The number of benzene rings is 1. The molecule has 2 nitrogen and oxygen atoms in total. The Kier molecular flexibility index (Phi) is 3.17. The van der Waals surface area contributed by atoms with E-state index in [2.05, 4.69) is 18.2 Å². The van der Waals surface area contributed by atoms with Crippen molar-refractivity contribution in [3.05, 3.63) is 34.9 Å². The average molecular weight is 231 g/mol. The van der Waals surface area contributed by atoms with Gasteiger partial charge in [-0.25, -0.2) is 0 Å². The smallest absolute Gasteiger partial charge is 0.0469 e. The van der Waals surface area contributed by atoms with Crippen LogP contribution in [0.4, 0.5) is 0 Å². The lowest BCUT2D eigenvalue weighted by Gasteiger charge is -2.28. The zero-order valence-corrected chi connectivity index (χ0v) is 10.3. The maximum atomic E-state index is 6.41. The Bertz CT molecular complexity index is 396. The van der Waals surface area contributed by atoms with Gasteiger partial charge in [-0.05, 0) is 54.7 Å². The Morgan fingerprint density at radius 3 is 2.71 bits per heavy atom. The molecule has 1 unspecified atom stereocenters. The molecule has 1 aromatic rings. The van der Waals surface area contributed by atoms with Crippen molar-refractivity contribution in [3.8, 4) is 0 Å². The molecule has 2 aliphatic rings. The largest absolute Gasteiger partial charge is 0.381 e. The third-order valence-electron chi connectivity index (χ3n) is 4.28. The second-order valence-corrected chi connectivity index (χ2v) is 5.36. The quantitative estimate of drug-likeness (QED) is 0.849. The van der Waals surface area contributed by atoms with Crippen LogP contribution in [0.5, 0.6) is 0 Å². The Morgan fingerprint density at radius 2 is 1.88 bits per heavy atom. The molecule has 92 valence electrons. The average Bonchev–Trinajstić information content (AvgIpc) is 2.86. The molecule has 1 aliphatic carbocycles. The number of nitrogens with two attached hydrogens (primary N) is 1. The maximum absolute atomic E-state index is 6.41. The summed E-state index contributed by atoms with van der Waals surface area (Å²) in [4.78, 5) is 0. The van der Waals surface area contributed by atoms with Crippen LogP contribution in [0, 0.1) is 5.92 Å². The fraction of sp³-hybridized carbons (Fsp3) is 0.600. The minimum Gasteiger partial charge on any atom is -0.381 e. The summed E-state index contributed by atoms with van der Waals surface area (Å²) in [6, 6.07) is 7.08. The number of aryl methyl sites for hydroxylation is 2. The van der Waals surface area contributed by atoms with Gasteiger partial charge in [0, 0.05) is 19.3 Å². The molecule has 1 atom stereocenters. The second-order valence-electron chi connectivity index (χ2n) is 5.36. The van der Waals surface area contributed by atoms with Gasteiger partial charge in [-0.15, -0.1) is 0 Å². The first-order chi connectivity index (χ1) is 8.34. The van der Waals surface area contributed by atoms with Gasteiger partial charge in [0.05, 0.1) is 0 Å². The summed E-state index contributed by atoms with van der Waals surface area (Å²) in [6.07, 6.45) is 6.02. The minimum absolute atomic E-state index is 0.199.